The van der Waals surface area contributed by atoms with E-state index in [-0.39, 0.29) is 0 Å². The van der Waals surface area contributed by atoms with Gasteiger partial charge in [0.2, 0.25) is 5.91 Å². The zero-order valence-corrected chi connectivity index (χ0v) is 9.94. The molecule has 19 heavy (non-hydrogen) atoms. The molecule has 0 aliphatic rings. The molecule has 2 rings (SSSR count). The molecule has 0 fully saturated rings. The first-order valence-electron chi connectivity index (χ1n) is 5.59. The molecule has 4 heteroatoms. The molecule has 2 nitrogen and oxygen atoms in total. The highest BCUT2D eigenvalue weighted by Crippen LogP contribution is 2.23. The van der Waals surface area contributed by atoms with Crippen LogP contribution in [-0.2, 0) is 4.79 Å². The second kappa shape index (κ2) is 5.44. The summed E-state index contributed by atoms with van der Waals surface area (Å²) in [4.78, 5) is 10.6. The highest BCUT2D eigenvalue weighted by Gasteiger charge is 2.05. The van der Waals surface area contributed by atoms with Crippen LogP contribution in [0.4, 0.5) is 8.78 Å². The van der Waals surface area contributed by atoms with Gasteiger partial charge in [-0.15, -0.1) is 0 Å². The third kappa shape index (κ3) is 3.25. The number of benzene rings is 2. The zero-order valence-electron chi connectivity index (χ0n) is 9.94. The molecular formula is C15H11F2NO. The van der Waals surface area contributed by atoms with Crippen molar-refractivity contribution in [3.8, 4) is 11.1 Å². The van der Waals surface area contributed by atoms with E-state index in [0.29, 0.717) is 11.1 Å². The Kier molecular flexibility index (Phi) is 3.71. The fraction of sp³-hybridized carbons (Fsp3) is 0. The van der Waals surface area contributed by atoms with Crippen molar-refractivity contribution in [3.05, 3.63) is 65.7 Å². The van der Waals surface area contributed by atoms with Gasteiger partial charge in [0, 0.05) is 17.7 Å². The van der Waals surface area contributed by atoms with Gasteiger partial charge in [-0.25, -0.2) is 8.78 Å². The molecule has 0 saturated heterocycles. The van der Waals surface area contributed by atoms with E-state index in [9.17, 15) is 13.6 Å². The number of halogens is 2. The van der Waals surface area contributed by atoms with E-state index >= 15 is 0 Å². The Balaban J connectivity index is 2.30. The van der Waals surface area contributed by atoms with Crippen molar-refractivity contribution < 1.29 is 13.6 Å². The molecule has 0 aliphatic heterocycles. The minimum absolute atomic E-state index is 0.326. The van der Waals surface area contributed by atoms with Crippen LogP contribution >= 0.6 is 0 Å². The first-order valence-corrected chi connectivity index (χ1v) is 5.59. The molecule has 2 aromatic carbocycles. The Morgan fingerprint density at radius 1 is 1.05 bits per heavy atom. The van der Waals surface area contributed by atoms with Crippen molar-refractivity contribution in [2.45, 2.75) is 0 Å². The lowest BCUT2D eigenvalue weighted by atomic mass is 10.0. The van der Waals surface area contributed by atoms with Crippen LogP contribution in [0.25, 0.3) is 17.2 Å². The first kappa shape index (κ1) is 13.0. The van der Waals surface area contributed by atoms with Gasteiger partial charge in [0.05, 0.1) is 0 Å². The first-order chi connectivity index (χ1) is 9.06. The van der Waals surface area contributed by atoms with Gasteiger partial charge in [-0.2, -0.15) is 0 Å². The van der Waals surface area contributed by atoms with Gasteiger partial charge >= 0.3 is 0 Å². The van der Waals surface area contributed by atoms with Crippen LogP contribution in [0.1, 0.15) is 5.56 Å². The number of nitrogens with two attached hydrogens (primary N) is 1. The molecule has 0 aliphatic carbocycles. The number of rotatable bonds is 3. The summed E-state index contributed by atoms with van der Waals surface area (Å²) in [7, 11) is 0. The highest BCUT2D eigenvalue weighted by molar-refractivity contribution is 5.90. The number of hydrogen-bond donors (Lipinski definition) is 1. The normalized spacial score (nSPS) is 10.8. The summed E-state index contributed by atoms with van der Waals surface area (Å²) in [5.74, 6) is -1.75. The van der Waals surface area contributed by atoms with Gasteiger partial charge in [-0.3, -0.25) is 4.79 Å². The predicted octanol–water partition coefficient (Wildman–Crippen LogP) is 3.13. The predicted molar refractivity (Wildman–Crippen MR) is 70.0 cm³/mol. The molecule has 96 valence electrons. The van der Waals surface area contributed by atoms with E-state index in [0.717, 1.165) is 11.6 Å². The van der Waals surface area contributed by atoms with Crippen LogP contribution in [0.3, 0.4) is 0 Å². The Hall–Kier alpha value is -2.49. The summed E-state index contributed by atoms with van der Waals surface area (Å²) in [5, 5.41) is 0. The molecular weight excluding hydrogens is 248 g/mol. The Labute approximate surface area is 109 Å². The lowest BCUT2D eigenvalue weighted by molar-refractivity contribution is -0.113. The topological polar surface area (TPSA) is 43.1 Å². The molecule has 0 aromatic heterocycles. The SMILES string of the molecule is NC(=O)/C=C\c1ccc(-c2ccc(F)cc2F)cc1. The summed E-state index contributed by atoms with van der Waals surface area (Å²) in [6.45, 7) is 0. The van der Waals surface area contributed by atoms with Gasteiger partial charge in [-0.1, -0.05) is 24.3 Å². The van der Waals surface area contributed by atoms with Crippen molar-refractivity contribution in [3.63, 3.8) is 0 Å². The Morgan fingerprint density at radius 2 is 1.74 bits per heavy atom. The Bertz CT molecular complexity index is 633. The van der Waals surface area contributed by atoms with Crippen LogP contribution in [-0.4, -0.2) is 5.91 Å². The smallest absolute Gasteiger partial charge is 0.241 e. The van der Waals surface area contributed by atoms with E-state index < -0.39 is 17.5 Å². The van der Waals surface area contributed by atoms with E-state index in [1.54, 1.807) is 30.3 Å². The van der Waals surface area contributed by atoms with Crippen LogP contribution in [0.5, 0.6) is 0 Å². The summed E-state index contributed by atoms with van der Waals surface area (Å²) < 4.78 is 26.4. The van der Waals surface area contributed by atoms with E-state index in [1.165, 1.54) is 18.2 Å². The monoisotopic (exact) mass is 259 g/mol. The zero-order chi connectivity index (χ0) is 13.8. The molecule has 0 bridgehead atoms. The standard InChI is InChI=1S/C15H11F2NO/c16-12-6-7-13(14(17)9-12)11-4-1-10(2-5-11)3-8-15(18)19/h1-9H,(H2,18,19)/b8-3-. The molecule has 0 radical (unpaired) electrons. The number of amides is 1. The third-order valence-corrected chi connectivity index (χ3v) is 2.59. The number of primary amides is 1. The maximum Gasteiger partial charge on any atom is 0.241 e. The number of carbonyl (C=O) groups excluding carboxylic acids is 1. The maximum absolute atomic E-state index is 13.6. The van der Waals surface area contributed by atoms with Crippen LogP contribution < -0.4 is 5.73 Å². The van der Waals surface area contributed by atoms with Gasteiger partial charge in [0.15, 0.2) is 0 Å². The average Bonchev–Trinajstić information content (AvgIpc) is 2.37. The van der Waals surface area contributed by atoms with E-state index in [1.807, 2.05) is 0 Å². The van der Waals surface area contributed by atoms with E-state index in [2.05, 4.69) is 0 Å². The lowest BCUT2D eigenvalue weighted by Gasteiger charge is -2.04. The van der Waals surface area contributed by atoms with Crippen molar-refractivity contribution in [1.82, 2.24) is 0 Å². The largest absolute Gasteiger partial charge is 0.366 e. The number of carbonyl (C=O) groups is 1. The second-order valence-corrected chi connectivity index (χ2v) is 3.98. The summed E-state index contributed by atoms with van der Waals surface area (Å²) in [6.07, 6.45) is 2.81. The molecule has 0 spiro atoms. The number of hydrogen-bond acceptors (Lipinski definition) is 1. The molecule has 2 N–H and O–H groups in total. The summed E-state index contributed by atoms with van der Waals surface area (Å²) >= 11 is 0. The fourth-order valence-electron chi connectivity index (χ4n) is 1.68. The van der Waals surface area contributed by atoms with Crippen LogP contribution in [0, 0.1) is 11.6 Å². The third-order valence-electron chi connectivity index (χ3n) is 2.59. The lowest BCUT2D eigenvalue weighted by Crippen LogP contribution is -2.04. The van der Waals surface area contributed by atoms with E-state index in [4.69, 9.17) is 5.73 Å². The molecule has 0 heterocycles. The second-order valence-electron chi connectivity index (χ2n) is 3.98. The minimum atomic E-state index is -0.611. The summed E-state index contributed by atoms with van der Waals surface area (Å²) in [6, 6.07) is 10.3. The van der Waals surface area contributed by atoms with Gasteiger partial charge in [-0.05, 0) is 29.3 Å². The van der Waals surface area contributed by atoms with Crippen molar-refractivity contribution in [1.29, 1.82) is 0 Å². The van der Waals surface area contributed by atoms with Crippen LogP contribution in [0.15, 0.2) is 48.5 Å². The molecule has 0 saturated carbocycles. The van der Waals surface area contributed by atoms with Crippen molar-refractivity contribution in [2.75, 3.05) is 0 Å². The van der Waals surface area contributed by atoms with Crippen molar-refractivity contribution in [2.24, 2.45) is 5.73 Å². The molecule has 1 amide bonds. The average molecular weight is 259 g/mol. The van der Waals surface area contributed by atoms with Crippen LogP contribution in [0.2, 0.25) is 0 Å². The Morgan fingerprint density at radius 3 is 2.32 bits per heavy atom. The molecule has 2 aromatic rings. The summed E-state index contributed by atoms with van der Waals surface area (Å²) in [5.41, 5.74) is 6.71. The van der Waals surface area contributed by atoms with Gasteiger partial charge in [0.1, 0.15) is 11.6 Å². The molecule has 0 unspecified atom stereocenters. The fourth-order valence-corrected chi connectivity index (χ4v) is 1.68. The highest BCUT2D eigenvalue weighted by atomic mass is 19.1. The van der Waals surface area contributed by atoms with Gasteiger partial charge in [0.25, 0.3) is 0 Å². The quantitative estimate of drug-likeness (QED) is 0.845. The van der Waals surface area contributed by atoms with Gasteiger partial charge < -0.3 is 5.73 Å². The molecule has 0 atom stereocenters. The minimum Gasteiger partial charge on any atom is -0.366 e. The maximum atomic E-state index is 13.6. The van der Waals surface area contributed by atoms with Crippen molar-refractivity contribution >= 4 is 12.0 Å².